The molecule has 136 valence electrons. The molecule has 0 N–H and O–H groups in total. The van der Waals surface area contributed by atoms with Gasteiger partial charge in [-0.15, -0.1) is 0 Å². The molecule has 1 aliphatic carbocycles. The van der Waals surface area contributed by atoms with E-state index in [4.69, 9.17) is 4.98 Å². The van der Waals surface area contributed by atoms with Gasteiger partial charge in [-0.1, -0.05) is 42.0 Å². The predicted molar refractivity (Wildman–Crippen MR) is 112 cm³/mol. The Labute approximate surface area is 162 Å². The van der Waals surface area contributed by atoms with E-state index >= 15 is 0 Å². The summed E-state index contributed by atoms with van der Waals surface area (Å²) in [6, 6.07) is 14.5. The monoisotopic (exact) mass is 374 g/mol. The number of benzene rings is 2. The zero-order valence-corrected chi connectivity index (χ0v) is 16.4. The van der Waals surface area contributed by atoms with Crippen molar-refractivity contribution in [3.05, 3.63) is 59.8 Å². The third-order valence-electron chi connectivity index (χ3n) is 5.68. The van der Waals surface area contributed by atoms with E-state index in [-0.39, 0.29) is 5.78 Å². The molecule has 0 amide bonds. The molecule has 0 radical (unpaired) electrons. The summed E-state index contributed by atoms with van der Waals surface area (Å²) in [6.45, 7) is 4.36. The van der Waals surface area contributed by atoms with Crippen LogP contribution >= 0.6 is 11.3 Å². The van der Waals surface area contributed by atoms with Gasteiger partial charge < -0.3 is 0 Å². The molecular formula is C23H22N2OS. The van der Waals surface area contributed by atoms with Gasteiger partial charge in [0.05, 0.1) is 15.9 Å². The van der Waals surface area contributed by atoms with Gasteiger partial charge in [-0.25, -0.2) is 4.98 Å². The zero-order chi connectivity index (χ0) is 18.5. The number of nitrogens with zero attached hydrogens (tertiary/aromatic N) is 2. The molecule has 2 heterocycles. The second-order valence-corrected chi connectivity index (χ2v) is 9.01. The highest BCUT2D eigenvalue weighted by Gasteiger charge is 2.27. The molecule has 5 rings (SSSR count). The van der Waals surface area contributed by atoms with E-state index in [0.29, 0.717) is 12.3 Å². The average molecular weight is 375 g/mol. The van der Waals surface area contributed by atoms with Crippen molar-refractivity contribution in [2.75, 3.05) is 0 Å². The minimum Gasteiger partial charge on any atom is -0.294 e. The van der Waals surface area contributed by atoms with E-state index in [1.807, 2.05) is 12.1 Å². The van der Waals surface area contributed by atoms with Crippen LogP contribution in [0.4, 0.5) is 0 Å². The van der Waals surface area contributed by atoms with E-state index in [1.165, 1.54) is 18.4 Å². The predicted octanol–water partition coefficient (Wildman–Crippen LogP) is 6.14. The standard InChI is InChI=1S/C23H22N2OS/c1-14-4-3-5-17(10-14)19-13-25-20-7-6-18(12-22(20)27-23(25)24-19)21(26)11-16-8-15(2)9-16/h3-7,10,12-13,15-16H,8-9,11H2,1-2H3. The van der Waals surface area contributed by atoms with Crippen molar-refractivity contribution < 1.29 is 4.79 Å². The SMILES string of the molecule is Cc1cccc(-c2cn3c(n2)sc2cc(C(=O)CC4CC(C)C4)ccc23)c1. The van der Waals surface area contributed by atoms with Crippen LogP contribution in [-0.2, 0) is 0 Å². The summed E-state index contributed by atoms with van der Waals surface area (Å²) in [4.78, 5) is 18.4. The first-order chi connectivity index (χ1) is 13.1. The number of carbonyl (C=O) groups is 1. The highest BCUT2D eigenvalue weighted by Crippen LogP contribution is 2.37. The molecular weight excluding hydrogens is 352 g/mol. The van der Waals surface area contributed by atoms with Gasteiger partial charge in [0.2, 0.25) is 0 Å². The van der Waals surface area contributed by atoms with E-state index in [2.05, 4.69) is 54.8 Å². The zero-order valence-electron chi connectivity index (χ0n) is 15.6. The first kappa shape index (κ1) is 16.7. The summed E-state index contributed by atoms with van der Waals surface area (Å²) in [5, 5.41) is 0. The number of aromatic nitrogens is 2. The summed E-state index contributed by atoms with van der Waals surface area (Å²) in [6.07, 6.45) is 5.18. The Balaban J connectivity index is 1.47. The maximum Gasteiger partial charge on any atom is 0.195 e. The largest absolute Gasteiger partial charge is 0.294 e. The third-order valence-corrected chi connectivity index (χ3v) is 6.69. The van der Waals surface area contributed by atoms with Crippen LogP contribution in [0.5, 0.6) is 0 Å². The Morgan fingerprint density at radius 2 is 2.07 bits per heavy atom. The summed E-state index contributed by atoms with van der Waals surface area (Å²) in [7, 11) is 0. The quantitative estimate of drug-likeness (QED) is 0.402. The average Bonchev–Trinajstić information content (AvgIpc) is 3.17. The Bertz CT molecular complexity index is 1160. The minimum absolute atomic E-state index is 0.278. The van der Waals surface area contributed by atoms with Crippen LogP contribution in [0, 0.1) is 18.8 Å². The van der Waals surface area contributed by atoms with Gasteiger partial charge in [-0.05, 0) is 55.9 Å². The molecule has 4 aromatic rings. The second-order valence-electron chi connectivity index (χ2n) is 8.00. The van der Waals surface area contributed by atoms with E-state index in [1.54, 1.807) is 11.3 Å². The molecule has 1 aliphatic rings. The van der Waals surface area contributed by atoms with Crippen molar-refractivity contribution in [1.29, 1.82) is 0 Å². The molecule has 3 nitrogen and oxygen atoms in total. The normalized spacial score (nSPS) is 19.5. The first-order valence-electron chi connectivity index (χ1n) is 9.59. The molecule has 1 fully saturated rings. The molecule has 0 aliphatic heterocycles. The molecule has 0 bridgehead atoms. The van der Waals surface area contributed by atoms with Crippen molar-refractivity contribution in [1.82, 2.24) is 9.38 Å². The number of ketones is 1. The Morgan fingerprint density at radius 1 is 1.22 bits per heavy atom. The smallest absolute Gasteiger partial charge is 0.195 e. The molecule has 0 unspecified atom stereocenters. The molecule has 2 aromatic heterocycles. The Kier molecular flexibility index (Phi) is 3.90. The number of fused-ring (bicyclic) bond motifs is 3. The number of hydrogen-bond donors (Lipinski definition) is 0. The van der Waals surface area contributed by atoms with Gasteiger partial charge in [-0.2, -0.15) is 0 Å². The Hall–Kier alpha value is -2.46. The summed E-state index contributed by atoms with van der Waals surface area (Å²) < 4.78 is 3.26. The molecule has 0 atom stereocenters. The second kappa shape index (κ2) is 6.31. The van der Waals surface area contributed by atoms with Crippen LogP contribution in [0.1, 0.15) is 42.1 Å². The van der Waals surface area contributed by atoms with Crippen molar-refractivity contribution >= 4 is 32.3 Å². The topological polar surface area (TPSA) is 34.4 Å². The van der Waals surface area contributed by atoms with Crippen LogP contribution in [0.15, 0.2) is 48.7 Å². The number of Topliss-reactive ketones (excluding diaryl/α,β-unsaturated/α-hetero) is 1. The fourth-order valence-electron chi connectivity index (χ4n) is 4.23. The maximum atomic E-state index is 12.6. The van der Waals surface area contributed by atoms with Gasteiger partial charge >= 0.3 is 0 Å². The fourth-order valence-corrected chi connectivity index (χ4v) is 5.28. The molecule has 2 aromatic carbocycles. The molecule has 1 saturated carbocycles. The van der Waals surface area contributed by atoms with Crippen molar-refractivity contribution in [2.45, 2.75) is 33.1 Å². The number of carbonyl (C=O) groups excluding carboxylic acids is 1. The lowest BCUT2D eigenvalue weighted by atomic mass is 9.73. The van der Waals surface area contributed by atoms with Gasteiger partial charge in [0, 0.05) is 23.7 Å². The summed E-state index contributed by atoms with van der Waals surface area (Å²) >= 11 is 1.65. The van der Waals surface area contributed by atoms with Gasteiger partial charge in [0.1, 0.15) is 0 Å². The highest BCUT2D eigenvalue weighted by molar-refractivity contribution is 7.23. The maximum absolute atomic E-state index is 12.6. The van der Waals surface area contributed by atoms with Gasteiger partial charge in [-0.3, -0.25) is 9.20 Å². The van der Waals surface area contributed by atoms with Gasteiger partial charge in [0.25, 0.3) is 0 Å². The van der Waals surface area contributed by atoms with Crippen molar-refractivity contribution in [2.24, 2.45) is 11.8 Å². The van der Waals surface area contributed by atoms with Crippen LogP contribution in [0.25, 0.3) is 26.4 Å². The third kappa shape index (κ3) is 2.98. The molecule has 27 heavy (non-hydrogen) atoms. The molecule has 0 spiro atoms. The first-order valence-corrected chi connectivity index (χ1v) is 10.4. The summed E-state index contributed by atoms with van der Waals surface area (Å²) in [5.74, 6) is 1.65. The number of thiazole rings is 1. The molecule has 4 heteroatoms. The minimum atomic E-state index is 0.278. The van der Waals surface area contributed by atoms with Crippen LogP contribution in [0.3, 0.4) is 0 Å². The lowest BCUT2D eigenvalue weighted by molar-refractivity contribution is 0.0905. The van der Waals surface area contributed by atoms with E-state index in [9.17, 15) is 4.79 Å². The van der Waals surface area contributed by atoms with Crippen molar-refractivity contribution in [3.8, 4) is 11.3 Å². The Morgan fingerprint density at radius 3 is 2.85 bits per heavy atom. The van der Waals surface area contributed by atoms with Crippen LogP contribution < -0.4 is 0 Å². The number of rotatable bonds is 4. The number of hydrogen-bond acceptors (Lipinski definition) is 3. The number of imidazole rings is 1. The van der Waals surface area contributed by atoms with Crippen LogP contribution in [-0.4, -0.2) is 15.2 Å². The van der Waals surface area contributed by atoms with Crippen LogP contribution in [0.2, 0.25) is 0 Å². The molecule has 0 saturated heterocycles. The van der Waals surface area contributed by atoms with Gasteiger partial charge in [0.15, 0.2) is 10.7 Å². The van der Waals surface area contributed by atoms with E-state index in [0.717, 1.165) is 37.9 Å². The summed E-state index contributed by atoms with van der Waals surface area (Å²) in [5.41, 5.74) is 5.32. The highest BCUT2D eigenvalue weighted by atomic mass is 32.1. The lowest BCUT2D eigenvalue weighted by Gasteiger charge is -2.32. The fraction of sp³-hybridized carbons (Fsp3) is 0.304. The van der Waals surface area contributed by atoms with Crippen molar-refractivity contribution in [3.63, 3.8) is 0 Å². The lowest BCUT2D eigenvalue weighted by Crippen LogP contribution is -2.23. The number of aryl methyl sites for hydroxylation is 1. The van der Waals surface area contributed by atoms with E-state index < -0.39 is 0 Å².